The molecule has 3 nitrogen and oxygen atoms in total. The van der Waals surface area contributed by atoms with E-state index >= 15 is 0 Å². The number of rotatable bonds is 4. The van der Waals surface area contributed by atoms with E-state index in [2.05, 4.69) is 54.0 Å². The summed E-state index contributed by atoms with van der Waals surface area (Å²) in [7, 11) is 0. The summed E-state index contributed by atoms with van der Waals surface area (Å²) in [4.78, 5) is 5.61. The van der Waals surface area contributed by atoms with Gasteiger partial charge in [0, 0.05) is 43.1 Å². The number of hydrogen-bond donors (Lipinski definition) is 1. The first kappa shape index (κ1) is 19.6. The van der Waals surface area contributed by atoms with Gasteiger partial charge >= 0.3 is 0 Å². The summed E-state index contributed by atoms with van der Waals surface area (Å²) in [5.74, 6) is 2.80. The summed E-state index contributed by atoms with van der Waals surface area (Å²) in [6.07, 6.45) is 13.1. The number of aromatic hydroxyl groups is 1. The van der Waals surface area contributed by atoms with Crippen LogP contribution in [0.5, 0.6) is 5.75 Å². The summed E-state index contributed by atoms with van der Waals surface area (Å²) < 4.78 is 0. The van der Waals surface area contributed by atoms with E-state index in [4.69, 9.17) is 0 Å². The molecule has 0 aromatic heterocycles. The smallest absolute Gasteiger partial charge is 0.115 e. The average molecular weight is 429 g/mol. The highest BCUT2D eigenvalue weighted by Gasteiger charge is 2.74. The van der Waals surface area contributed by atoms with Crippen LogP contribution in [-0.4, -0.2) is 47.1 Å². The van der Waals surface area contributed by atoms with E-state index in [1.54, 1.807) is 11.1 Å². The maximum absolute atomic E-state index is 9.69. The van der Waals surface area contributed by atoms with Gasteiger partial charge in [0.15, 0.2) is 0 Å². The summed E-state index contributed by atoms with van der Waals surface area (Å²) in [6, 6.07) is 8.58. The first-order valence-corrected chi connectivity index (χ1v) is 12.8. The number of hydrogen-bond acceptors (Lipinski definition) is 3. The lowest BCUT2D eigenvalue weighted by molar-refractivity contribution is -0.0619. The van der Waals surface area contributed by atoms with Gasteiger partial charge in [-0.1, -0.05) is 42.9 Å². The zero-order chi connectivity index (χ0) is 21.7. The van der Waals surface area contributed by atoms with Gasteiger partial charge in [-0.15, -0.1) is 0 Å². The minimum absolute atomic E-state index is 0.355. The predicted octanol–water partition coefficient (Wildman–Crippen LogP) is 5.15. The SMILES string of the molecule is CC1=CCC2=C[C@]34CN(CC5CC5)[C@H]3C3CN(Cc5ccc(O)cc5)CC[C@@]3(C2=C1)[C@H]4C. The monoisotopic (exact) mass is 428 g/mol. The normalized spacial score (nSPS) is 40.4. The molecule has 1 aromatic rings. The third kappa shape index (κ3) is 2.56. The Morgan fingerprint density at radius 1 is 1.16 bits per heavy atom. The van der Waals surface area contributed by atoms with E-state index in [-0.39, 0.29) is 0 Å². The lowest BCUT2D eigenvalue weighted by atomic mass is 9.54. The first-order valence-electron chi connectivity index (χ1n) is 12.8. The highest BCUT2D eigenvalue weighted by molar-refractivity contribution is 5.55. The molecule has 2 heterocycles. The van der Waals surface area contributed by atoms with Crippen molar-refractivity contribution in [3.63, 3.8) is 0 Å². The second-order valence-electron chi connectivity index (χ2n) is 11.8. The van der Waals surface area contributed by atoms with Gasteiger partial charge in [0.25, 0.3) is 0 Å². The third-order valence-electron chi connectivity index (χ3n) is 10.2. The highest BCUT2D eigenvalue weighted by Crippen LogP contribution is 2.73. The minimum atomic E-state index is 0.355. The van der Waals surface area contributed by atoms with Crippen molar-refractivity contribution >= 4 is 0 Å². The second kappa shape index (κ2) is 6.61. The Kier molecular flexibility index (Phi) is 4.05. The molecule has 4 aliphatic carbocycles. The quantitative estimate of drug-likeness (QED) is 0.719. The number of phenols is 1. The van der Waals surface area contributed by atoms with Crippen molar-refractivity contribution in [3.05, 3.63) is 64.8 Å². The number of piperidine rings is 1. The molecule has 2 saturated heterocycles. The van der Waals surface area contributed by atoms with Crippen molar-refractivity contribution in [2.45, 2.75) is 52.1 Å². The van der Waals surface area contributed by atoms with Crippen molar-refractivity contribution in [1.82, 2.24) is 9.80 Å². The van der Waals surface area contributed by atoms with Gasteiger partial charge < -0.3 is 5.11 Å². The number of fused-ring (bicyclic) bond motifs is 2. The van der Waals surface area contributed by atoms with Crippen molar-refractivity contribution in [2.24, 2.45) is 28.6 Å². The fourth-order valence-corrected chi connectivity index (χ4v) is 8.54. The predicted molar refractivity (Wildman–Crippen MR) is 128 cm³/mol. The van der Waals surface area contributed by atoms with Crippen LogP contribution < -0.4 is 0 Å². The maximum Gasteiger partial charge on any atom is 0.115 e. The number of phenolic OH excluding ortho intramolecular Hbond substituents is 1. The van der Waals surface area contributed by atoms with Crippen LogP contribution in [0.1, 0.15) is 45.1 Å². The molecule has 6 aliphatic rings. The Morgan fingerprint density at radius 3 is 2.75 bits per heavy atom. The van der Waals surface area contributed by atoms with Gasteiger partial charge in [-0.3, -0.25) is 9.80 Å². The Labute approximate surface area is 192 Å². The van der Waals surface area contributed by atoms with Crippen LogP contribution in [0.2, 0.25) is 0 Å². The van der Waals surface area contributed by atoms with Gasteiger partial charge in [0.1, 0.15) is 5.75 Å². The van der Waals surface area contributed by atoms with E-state index in [0.29, 0.717) is 16.6 Å². The molecule has 1 unspecified atom stereocenters. The number of benzene rings is 1. The molecular weight excluding hydrogens is 392 g/mol. The van der Waals surface area contributed by atoms with Crippen LogP contribution in [0.15, 0.2) is 59.2 Å². The molecule has 0 radical (unpaired) electrons. The largest absolute Gasteiger partial charge is 0.508 e. The zero-order valence-electron chi connectivity index (χ0n) is 19.6. The van der Waals surface area contributed by atoms with E-state index in [1.807, 2.05) is 12.1 Å². The molecule has 1 N–H and O–H groups in total. The standard InChI is InChI=1S/C29H36N2O/c1-19-3-8-23-14-28-18-31(16-22-4-5-22)27(28)26-17-30(15-21-6-9-24(32)10-7-21)12-11-29(26,20(28)2)25(23)13-19/h3,6-7,9-10,13-14,20,22,26-27,32H,4-5,8,11-12,15-18H2,1-2H3/t20-,26?,27-,28+,29-/m0/s1. The topological polar surface area (TPSA) is 26.7 Å². The van der Waals surface area contributed by atoms with Crippen LogP contribution in [-0.2, 0) is 6.54 Å². The average Bonchev–Trinajstić information content (AvgIpc) is 3.57. The summed E-state index contributed by atoms with van der Waals surface area (Å²) in [6.45, 7) is 10.9. The van der Waals surface area contributed by atoms with Gasteiger partial charge in [-0.2, -0.15) is 0 Å². The van der Waals surface area contributed by atoms with Crippen LogP contribution >= 0.6 is 0 Å². The Bertz CT molecular complexity index is 1050. The highest BCUT2D eigenvalue weighted by atomic mass is 16.3. The fraction of sp³-hybridized carbons (Fsp3) is 0.586. The fourth-order valence-electron chi connectivity index (χ4n) is 8.54. The molecule has 1 aromatic carbocycles. The van der Waals surface area contributed by atoms with Crippen LogP contribution in [0, 0.1) is 28.6 Å². The lowest BCUT2D eigenvalue weighted by Gasteiger charge is -2.57. The summed E-state index contributed by atoms with van der Waals surface area (Å²) >= 11 is 0. The van der Waals surface area contributed by atoms with Crippen molar-refractivity contribution in [1.29, 1.82) is 0 Å². The Balaban J connectivity index is 1.26. The third-order valence-corrected chi connectivity index (χ3v) is 10.2. The lowest BCUT2D eigenvalue weighted by Crippen LogP contribution is -2.65. The van der Waals surface area contributed by atoms with Crippen LogP contribution in [0.4, 0.5) is 0 Å². The Morgan fingerprint density at radius 2 is 1.97 bits per heavy atom. The van der Waals surface area contributed by atoms with Crippen LogP contribution in [0.25, 0.3) is 0 Å². The maximum atomic E-state index is 9.69. The number of nitrogens with zero attached hydrogens (tertiary/aromatic N) is 2. The van der Waals surface area contributed by atoms with Crippen molar-refractivity contribution in [3.8, 4) is 5.75 Å². The Hall–Kier alpha value is -1.84. The zero-order valence-corrected chi connectivity index (χ0v) is 19.6. The molecule has 2 bridgehead atoms. The van der Waals surface area contributed by atoms with E-state index in [0.717, 1.165) is 36.8 Å². The molecule has 168 valence electrons. The molecular formula is C29H36N2O. The summed E-state index contributed by atoms with van der Waals surface area (Å²) in [5, 5.41) is 9.69. The summed E-state index contributed by atoms with van der Waals surface area (Å²) in [5.41, 5.74) is 6.92. The molecule has 2 spiro atoms. The molecule has 3 heteroatoms. The van der Waals surface area contributed by atoms with E-state index in [9.17, 15) is 5.11 Å². The molecule has 32 heavy (non-hydrogen) atoms. The van der Waals surface area contributed by atoms with Crippen molar-refractivity contribution < 1.29 is 5.11 Å². The number of allylic oxidation sites excluding steroid dienone is 5. The molecule has 5 atom stereocenters. The second-order valence-corrected chi connectivity index (χ2v) is 11.8. The van der Waals surface area contributed by atoms with Gasteiger partial charge in [-0.05, 0) is 85.7 Å². The minimum Gasteiger partial charge on any atom is -0.508 e. The molecule has 2 aliphatic heterocycles. The van der Waals surface area contributed by atoms with Gasteiger partial charge in [0.2, 0.25) is 0 Å². The van der Waals surface area contributed by atoms with Gasteiger partial charge in [0.05, 0.1) is 0 Å². The molecule has 0 amide bonds. The van der Waals surface area contributed by atoms with E-state index < -0.39 is 0 Å². The van der Waals surface area contributed by atoms with Gasteiger partial charge in [-0.25, -0.2) is 0 Å². The molecule has 7 rings (SSSR count). The van der Waals surface area contributed by atoms with Crippen molar-refractivity contribution in [2.75, 3.05) is 26.2 Å². The van der Waals surface area contributed by atoms with Crippen LogP contribution in [0.3, 0.4) is 0 Å². The number of likely N-dealkylation sites (tertiary alicyclic amines) is 2. The molecule has 2 saturated carbocycles. The first-order chi connectivity index (χ1) is 15.5. The van der Waals surface area contributed by atoms with E-state index in [1.165, 1.54) is 56.6 Å². The molecule has 4 fully saturated rings.